The Morgan fingerprint density at radius 1 is 0.960 bits per heavy atom. The average molecular weight is 702 g/mol. The van der Waals surface area contributed by atoms with Gasteiger partial charge in [-0.15, -0.1) is 0 Å². The third kappa shape index (κ3) is 8.80. The van der Waals surface area contributed by atoms with Crippen LogP contribution in [0, 0.1) is 18.6 Å². The van der Waals surface area contributed by atoms with Crippen LogP contribution in [0.15, 0.2) is 41.3 Å². The number of pyridine rings is 1. The first-order valence-electron chi connectivity index (χ1n) is 17.3. The highest BCUT2D eigenvalue weighted by Gasteiger charge is 2.36. The number of likely N-dealkylation sites (N-methyl/N-ethyl adjacent to an activating group) is 1. The van der Waals surface area contributed by atoms with Crippen LogP contribution in [-0.2, 0) is 28.6 Å². The Hall–Kier alpha value is -4.06. The second-order valence-corrected chi connectivity index (χ2v) is 14.0. The van der Waals surface area contributed by atoms with Crippen LogP contribution >= 0.6 is 0 Å². The number of hydrogen-bond donors (Lipinski definition) is 2. The number of aliphatic carboxylic acids is 1. The number of benzene rings is 2. The molecule has 2 heterocycles. The van der Waals surface area contributed by atoms with Crippen LogP contribution in [0.5, 0.6) is 0 Å². The van der Waals surface area contributed by atoms with E-state index in [1.54, 1.807) is 32.0 Å². The number of carboxylic acids is 1. The molecule has 7 nitrogen and oxygen atoms in total. The maximum Gasteiger partial charge on any atom is 0.416 e. The summed E-state index contributed by atoms with van der Waals surface area (Å²) in [6, 6.07) is 4.03. The Bertz CT molecular complexity index is 1800. The van der Waals surface area contributed by atoms with Gasteiger partial charge in [0.1, 0.15) is 17.7 Å². The van der Waals surface area contributed by atoms with E-state index in [1.807, 2.05) is 0 Å². The molecule has 1 aliphatic heterocycles. The minimum atomic E-state index is -4.79. The standard InChI is InChI=1S/C38H44F5N3O4/c1-22-15-27(39)16-24-9-7-5-4-6-8-10-32(46-21-25(13-14-45(2)3)30(19-33(46)47)38(41,42)43)37(50)44-31(20-34(48)49)29-18-26(35(22)24)17-28(36(29)40)23-11-12-23/h15-19,21,23,31-32H,4-14,20H2,1-3H3,(H,44,50)(H,48,49)/t31-,32-/m0/s1. The molecule has 2 N–H and O–H groups in total. The second-order valence-electron chi connectivity index (χ2n) is 14.0. The molecule has 3 aromatic rings. The van der Waals surface area contributed by atoms with Crippen LogP contribution < -0.4 is 10.9 Å². The van der Waals surface area contributed by atoms with E-state index in [1.165, 1.54) is 18.2 Å². The number of amides is 1. The van der Waals surface area contributed by atoms with E-state index in [-0.39, 0.29) is 42.2 Å². The Morgan fingerprint density at radius 2 is 1.64 bits per heavy atom. The van der Waals surface area contributed by atoms with Gasteiger partial charge < -0.3 is 19.9 Å². The molecular formula is C38H44F5N3O4. The number of carbonyl (C=O) groups is 2. The van der Waals surface area contributed by atoms with Gasteiger partial charge in [-0.25, -0.2) is 8.78 Å². The molecule has 0 unspecified atom stereocenters. The fraction of sp³-hybridized carbons (Fsp3) is 0.500. The van der Waals surface area contributed by atoms with Crippen molar-refractivity contribution < 1.29 is 36.6 Å². The highest BCUT2D eigenvalue weighted by atomic mass is 19.4. The fourth-order valence-corrected chi connectivity index (χ4v) is 7.09. The van der Waals surface area contributed by atoms with E-state index in [0.29, 0.717) is 42.0 Å². The topological polar surface area (TPSA) is 91.6 Å². The van der Waals surface area contributed by atoms with Crippen molar-refractivity contribution >= 4 is 11.9 Å². The molecule has 2 atom stereocenters. The summed E-state index contributed by atoms with van der Waals surface area (Å²) in [5, 5.41) is 12.6. The van der Waals surface area contributed by atoms with Crippen LogP contribution in [0.1, 0.15) is 109 Å². The second kappa shape index (κ2) is 15.4. The third-order valence-corrected chi connectivity index (χ3v) is 9.75. The number of halogens is 5. The lowest BCUT2D eigenvalue weighted by Gasteiger charge is -2.27. The first-order valence-corrected chi connectivity index (χ1v) is 17.3. The SMILES string of the molecule is Cc1cc(F)cc2c1-c1cc(C3CC3)c(F)c(c1)[C@H](CC(=O)O)NC(=O)[C@@H](n1cc(CCN(C)C)c(C(F)(F)F)cc1=O)CCCCCCC2. The van der Waals surface area contributed by atoms with Crippen molar-refractivity contribution in [1.82, 2.24) is 14.8 Å². The van der Waals surface area contributed by atoms with Crippen LogP contribution in [0.3, 0.4) is 0 Å². The minimum absolute atomic E-state index is 0.0369. The van der Waals surface area contributed by atoms with Gasteiger partial charge in [-0.1, -0.05) is 25.7 Å². The number of rotatable bonds is 7. The van der Waals surface area contributed by atoms with Gasteiger partial charge in [0, 0.05) is 24.4 Å². The fourth-order valence-electron chi connectivity index (χ4n) is 7.09. The highest BCUT2D eigenvalue weighted by Crippen LogP contribution is 2.45. The molecule has 1 saturated carbocycles. The summed E-state index contributed by atoms with van der Waals surface area (Å²) in [5.41, 5.74) is 0.844. The molecule has 2 bridgehead atoms. The number of alkyl halides is 3. The molecule has 270 valence electrons. The lowest BCUT2D eigenvalue weighted by Crippen LogP contribution is -2.40. The third-order valence-electron chi connectivity index (χ3n) is 9.75. The Balaban J connectivity index is 1.65. The monoisotopic (exact) mass is 701 g/mol. The summed E-state index contributed by atoms with van der Waals surface area (Å²) in [5.74, 6) is -3.22. The van der Waals surface area contributed by atoms with E-state index in [9.17, 15) is 37.1 Å². The minimum Gasteiger partial charge on any atom is -0.481 e. The van der Waals surface area contributed by atoms with Crippen molar-refractivity contribution in [1.29, 1.82) is 0 Å². The molecule has 2 aromatic carbocycles. The summed E-state index contributed by atoms with van der Waals surface area (Å²) in [6.07, 6.45) is 1.10. The van der Waals surface area contributed by atoms with Gasteiger partial charge in [-0.05, 0) is 123 Å². The molecule has 2 aliphatic rings. The molecule has 0 saturated heterocycles. The number of nitrogens with zero attached hydrogens (tertiary/aromatic N) is 2. The molecule has 1 aliphatic carbocycles. The highest BCUT2D eigenvalue weighted by molar-refractivity contribution is 5.82. The zero-order valence-corrected chi connectivity index (χ0v) is 28.6. The molecule has 1 amide bonds. The number of aryl methyl sites for hydroxylation is 2. The van der Waals surface area contributed by atoms with E-state index in [4.69, 9.17) is 0 Å². The zero-order chi connectivity index (χ0) is 36.3. The summed E-state index contributed by atoms with van der Waals surface area (Å²) < 4.78 is 74.2. The molecule has 50 heavy (non-hydrogen) atoms. The van der Waals surface area contributed by atoms with Gasteiger partial charge in [0.25, 0.3) is 5.56 Å². The van der Waals surface area contributed by atoms with Crippen molar-refractivity contribution in [2.24, 2.45) is 0 Å². The first-order chi connectivity index (χ1) is 23.6. The first kappa shape index (κ1) is 37.2. The van der Waals surface area contributed by atoms with Crippen molar-refractivity contribution in [3.05, 3.63) is 91.9 Å². The van der Waals surface area contributed by atoms with Gasteiger partial charge in [-0.2, -0.15) is 13.2 Å². The number of fused-ring (bicyclic) bond motifs is 4. The predicted molar refractivity (Wildman–Crippen MR) is 180 cm³/mol. The number of hydrogen-bond acceptors (Lipinski definition) is 4. The number of carbonyl (C=O) groups excluding carboxylic acids is 1. The summed E-state index contributed by atoms with van der Waals surface area (Å²) in [4.78, 5) is 41.4. The van der Waals surface area contributed by atoms with Crippen molar-refractivity contribution in [3.8, 4) is 11.1 Å². The van der Waals surface area contributed by atoms with Crippen LogP contribution in [0.2, 0.25) is 0 Å². The Kier molecular flexibility index (Phi) is 11.5. The molecule has 5 rings (SSSR count). The Morgan fingerprint density at radius 3 is 2.30 bits per heavy atom. The molecule has 0 spiro atoms. The molecule has 12 heteroatoms. The van der Waals surface area contributed by atoms with Crippen molar-refractivity contribution in [2.45, 2.75) is 102 Å². The Labute approximate surface area is 288 Å². The largest absolute Gasteiger partial charge is 0.481 e. The molecule has 0 radical (unpaired) electrons. The van der Waals surface area contributed by atoms with E-state index in [2.05, 4.69) is 5.32 Å². The quantitative estimate of drug-likeness (QED) is 0.245. The van der Waals surface area contributed by atoms with Gasteiger partial charge in [-0.3, -0.25) is 14.4 Å². The summed E-state index contributed by atoms with van der Waals surface area (Å²) in [7, 11) is 3.42. The lowest BCUT2D eigenvalue weighted by atomic mass is 9.87. The number of carboxylic acid groups (broad SMARTS) is 1. The van der Waals surface area contributed by atoms with Gasteiger partial charge >= 0.3 is 12.1 Å². The van der Waals surface area contributed by atoms with Crippen LogP contribution in [0.25, 0.3) is 11.1 Å². The average Bonchev–Trinajstić information content (AvgIpc) is 3.86. The van der Waals surface area contributed by atoms with E-state index < -0.39 is 53.5 Å². The maximum atomic E-state index is 16.4. The molecule has 1 aromatic heterocycles. The number of aromatic nitrogens is 1. The maximum absolute atomic E-state index is 16.4. The van der Waals surface area contributed by atoms with Crippen molar-refractivity contribution in [3.63, 3.8) is 0 Å². The summed E-state index contributed by atoms with van der Waals surface area (Å²) >= 11 is 0. The van der Waals surface area contributed by atoms with Gasteiger partial charge in [0.05, 0.1) is 18.0 Å². The smallest absolute Gasteiger partial charge is 0.416 e. The van der Waals surface area contributed by atoms with Crippen LogP contribution in [0.4, 0.5) is 22.0 Å². The van der Waals surface area contributed by atoms with Crippen LogP contribution in [-0.4, -0.2) is 47.1 Å². The van der Waals surface area contributed by atoms with Crippen molar-refractivity contribution in [2.75, 3.05) is 20.6 Å². The zero-order valence-electron chi connectivity index (χ0n) is 28.6. The van der Waals surface area contributed by atoms with E-state index >= 15 is 4.39 Å². The normalized spacial score (nSPS) is 19.3. The predicted octanol–water partition coefficient (Wildman–Crippen LogP) is 7.87. The number of nitrogens with one attached hydrogen (secondary N) is 1. The molecule has 1 fully saturated rings. The van der Waals surface area contributed by atoms with Gasteiger partial charge in [0.2, 0.25) is 5.91 Å². The molecular weight excluding hydrogens is 657 g/mol. The van der Waals surface area contributed by atoms with Gasteiger partial charge in [0.15, 0.2) is 0 Å². The lowest BCUT2D eigenvalue weighted by molar-refractivity contribution is -0.139. The summed E-state index contributed by atoms with van der Waals surface area (Å²) in [6.45, 7) is 2.03. The van der Waals surface area contributed by atoms with E-state index in [0.717, 1.165) is 54.0 Å².